The van der Waals surface area contributed by atoms with Crippen molar-refractivity contribution in [1.82, 2.24) is 24.7 Å². The van der Waals surface area contributed by atoms with Gasteiger partial charge in [-0.05, 0) is 32.1 Å². The number of nitrogens with one attached hydrogen (secondary N) is 2. The maximum Gasteiger partial charge on any atom is 0.293 e. The summed E-state index contributed by atoms with van der Waals surface area (Å²) in [5, 5.41) is 22.2. The number of hydrogen-bond acceptors (Lipinski definition) is 12. The molecule has 3 aromatic rings. The number of imidazole rings is 1. The summed E-state index contributed by atoms with van der Waals surface area (Å²) >= 11 is 0. The standard InChI is InChI=1S/C25H35N7O6/c1-4-14(5-2)27-22-18-23(30-25(29-22)28-16-7-9-35-10-8-16)32(12-26-18)24-19(34)21(36-13-33)20(37-24)17-11-15(6-3)31-38-17/h11-14,16,19-21,24,34H,4-10H2,1-3H3,(H2,27,28,29,30)/t19-,20-,21+,24-/m1/s1. The van der Waals surface area contributed by atoms with Gasteiger partial charge in [-0.2, -0.15) is 9.97 Å². The molecule has 0 amide bonds. The van der Waals surface area contributed by atoms with Gasteiger partial charge in [-0.3, -0.25) is 9.36 Å². The quantitative estimate of drug-likeness (QED) is 0.312. The van der Waals surface area contributed by atoms with Gasteiger partial charge < -0.3 is 34.5 Å². The fourth-order valence-electron chi connectivity index (χ4n) is 4.93. The van der Waals surface area contributed by atoms with Gasteiger partial charge in [-0.25, -0.2) is 4.98 Å². The second-order valence-corrected chi connectivity index (χ2v) is 9.62. The van der Waals surface area contributed by atoms with Gasteiger partial charge >= 0.3 is 0 Å². The predicted octanol–water partition coefficient (Wildman–Crippen LogP) is 2.74. The summed E-state index contributed by atoms with van der Waals surface area (Å²) in [5.74, 6) is 1.42. The van der Waals surface area contributed by atoms with Crippen molar-refractivity contribution in [3.05, 3.63) is 23.8 Å². The average Bonchev–Trinajstić information content (AvgIpc) is 3.66. The van der Waals surface area contributed by atoms with Gasteiger partial charge in [0.05, 0.1) is 12.0 Å². The minimum atomic E-state index is -1.21. The molecule has 4 atom stereocenters. The molecule has 13 nitrogen and oxygen atoms in total. The van der Waals surface area contributed by atoms with Crippen LogP contribution in [-0.2, 0) is 25.4 Å². The number of carbonyl (C=O) groups is 1. The van der Waals surface area contributed by atoms with Crippen LogP contribution in [0.15, 0.2) is 16.9 Å². The van der Waals surface area contributed by atoms with Gasteiger partial charge in [0.1, 0.15) is 6.10 Å². The number of aromatic nitrogens is 5. The number of aliphatic hydroxyl groups is 1. The highest BCUT2D eigenvalue weighted by Gasteiger charge is 2.49. The molecule has 2 aliphatic heterocycles. The van der Waals surface area contributed by atoms with Crippen LogP contribution in [0, 0.1) is 0 Å². The highest BCUT2D eigenvalue weighted by Crippen LogP contribution is 2.42. The topological polar surface area (TPSA) is 159 Å². The summed E-state index contributed by atoms with van der Waals surface area (Å²) in [4.78, 5) is 25.4. The van der Waals surface area contributed by atoms with Crippen LogP contribution in [0.4, 0.5) is 11.8 Å². The van der Waals surface area contributed by atoms with E-state index in [-0.39, 0.29) is 12.1 Å². The summed E-state index contributed by atoms with van der Waals surface area (Å²) in [6.07, 6.45) is 1.74. The van der Waals surface area contributed by atoms with Crippen LogP contribution < -0.4 is 10.6 Å². The summed E-state index contributed by atoms with van der Waals surface area (Å²) in [6, 6.07) is 2.13. The maximum absolute atomic E-state index is 11.3. The number of carbonyl (C=O) groups excluding carboxylic acids is 1. The Labute approximate surface area is 220 Å². The van der Waals surface area contributed by atoms with Crippen LogP contribution in [0.5, 0.6) is 0 Å². The number of hydrogen-bond donors (Lipinski definition) is 3. The van der Waals surface area contributed by atoms with Crippen molar-refractivity contribution in [2.24, 2.45) is 0 Å². The lowest BCUT2D eigenvalue weighted by Crippen LogP contribution is -2.31. The van der Waals surface area contributed by atoms with E-state index in [2.05, 4.69) is 34.6 Å². The van der Waals surface area contributed by atoms with Crippen molar-refractivity contribution in [2.45, 2.75) is 89.5 Å². The van der Waals surface area contributed by atoms with Gasteiger partial charge in [0.15, 0.2) is 41.2 Å². The molecule has 13 heteroatoms. The lowest BCUT2D eigenvalue weighted by molar-refractivity contribution is -0.140. The minimum absolute atomic E-state index is 0.181. The Bertz CT molecular complexity index is 1220. The van der Waals surface area contributed by atoms with Gasteiger partial charge in [-0.1, -0.05) is 25.9 Å². The van der Waals surface area contributed by atoms with Crippen molar-refractivity contribution in [3.8, 4) is 0 Å². The number of ether oxygens (including phenoxy) is 3. The summed E-state index contributed by atoms with van der Waals surface area (Å²) < 4.78 is 24.1. The molecular weight excluding hydrogens is 494 g/mol. The number of aryl methyl sites for hydroxylation is 1. The van der Waals surface area contributed by atoms with Crippen LogP contribution in [0.3, 0.4) is 0 Å². The van der Waals surface area contributed by atoms with Crippen LogP contribution >= 0.6 is 0 Å². The largest absolute Gasteiger partial charge is 0.458 e. The first-order chi connectivity index (χ1) is 18.6. The molecule has 38 heavy (non-hydrogen) atoms. The summed E-state index contributed by atoms with van der Waals surface area (Å²) in [6.45, 7) is 7.83. The molecular formula is C25H35N7O6. The third kappa shape index (κ3) is 5.18. The summed E-state index contributed by atoms with van der Waals surface area (Å²) in [5.41, 5.74) is 1.76. The van der Waals surface area contributed by atoms with Gasteiger partial charge in [0.2, 0.25) is 5.95 Å². The molecule has 0 spiro atoms. The second kappa shape index (κ2) is 11.6. The average molecular weight is 530 g/mol. The van der Waals surface area contributed by atoms with Crippen molar-refractivity contribution in [3.63, 3.8) is 0 Å². The van der Waals surface area contributed by atoms with Gasteiger partial charge in [0.25, 0.3) is 6.47 Å². The highest BCUT2D eigenvalue weighted by atomic mass is 16.6. The molecule has 5 rings (SSSR count). The van der Waals surface area contributed by atoms with Crippen molar-refractivity contribution in [2.75, 3.05) is 23.8 Å². The third-order valence-electron chi connectivity index (χ3n) is 7.22. The van der Waals surface area contributed by atoms with Crippen LogP contribution in [0.25, 0.3) is 11.2 Å². The van der Waals surface area contributed by atoms with E-state index >= 15 is 0 Å². The van der Waals surface area contributed by atoms with E-state index in [1.165, 1.54) is 0 Å². The molecule has 3 N–H and O–H groups in total. The Morgan fingerprint density at radius 2 is 2.03 bits per heavy atom. The van der Waals surface area contributed by atoms with Gasteiger partial charge in [-0.15, -0.1) is 0 Å². The molecule has 0 bridgehead atoms. The number of fused-ring (bicyclic) bond motifs is 1. The Hall–Kier alpha value is -3.29. The Balaban J connectivity index is 1.52. The van der Waals surface area contributed by atoms with Crippen LogP contribution in [-0.4, -0.2) is 73.8 Å². The molecule has 2 saturated heterocycles. The first-order valence-corrected chi connectivity index (χ1v) is 13.3. The molecule has 3 aromatic heterocycles. The van der Waals surface area contributed by atoms with E-state index in [0.717, 1.165) is 31.4 Å². The fraction of sp³-hybridized carbons (Fsp3) is 0.640. The third-order valence-corrected chi connectivity index (χ3v) is 7.22. The Morgan fingerprint density at radius 3 is 2.71 bits per heavy atom. The maximum atomic E-state index is 11.3. The second-order valence-electron chi connectivity index (χ2n) is 9.62. The van der Waals surface area contributed by atoms with Gasteiger partial charge in [0, 0.05) is 31.4 Å². The number of rotatable bonds is 11. The van der Waals surface area contributed by atoms with E-state index in [1.807, 2.05) is 6.92 Å². The molecule has 2 fully saturated rings. The van der Waals surface area contributed by atoms with Crippen LogP contribution in [0.1, 0.15) is 70.2 Å². The van der Waals surface area contributed by atoms with E-state index in [4.69, 9.17) is 28.7 Å². The zero-order valence-corrected chi connectivity index (χ0v) is 21.9. The van der Waals surface area contributed by atoms with E-state index < -0.39 is 24.5 Å². The smallest absolute Gasteiger partial charge is 0.293 e. The fourth-order valence-corrected chi connectivity index (χ4v) is 4.93. The van der Waals surface area contributed by atoms with Crippen molar-refractivity contribution in [1.29, 1.82) is 0 Å². The number of anilines is 2. The molecule has 0 radical (unpaired) electrons. The molecule has 0 aromatic carbocycles. The molecule has 0 saturated carbocycles. The van der Waals surface area contributed by atoms with Crippen LogP contribution in [0.2, 0.25) is 0 Å². The minimum Gasteiger partial charge on any atom is -0.458 e. The van der Waals surface area contributed by atoms with Crippen molar-refractivity contribution < 1.29 is 28.6 Å². The predicted molar refractivity (Wildman–Crippen MR) is 136 cm³/mol. The molecule has 206 valence electrons. The number of aliphatic hydroxyl groups excluding tert-OH is 1. The SMILES string of the molecule is CCc1cc([C@H]2O[C@@H](n3cnc4c(NC(CC)CC)nc(NC5CCOCC5)nc43)[C@H](O)[C@@H]2OC=O)on1. The Morgan fingerprint density at radius 1 is 1.24 bits per heavy atom. The zero-order valence-electron chi connectivity index (χ0n) is 21.9. The molecule has 0 aliphatic carbocycles. The highest BCUT2D eigenvalue weighted by molar-refractivity contribution is 5.84. The van der Waals surface area contributed by atoms with E-state index in [9.17, 15) is 9.90 Å². The first kappa shape index (κ1) is 26.3. The normalized spacial score (nSPS) is 24.2. The zero-order chi connectivity index (χ0) is 26.6. The lowest BCUT2D eigenvalue weighted by atomic mass is 10.1. The monoisotopic (exact) mass is 529 g/mol. The van der Waals surface area contributed by atoms with E-state index in [0.29, 0.717) is 54.8 Å². The first-order valence-electron chi connectivity index (χ1n) is 13.3. The molecule has 5 heterocycles. The van der Waals surface area contributed by atoms with E-state index in [1.54, 1.807) is 17.0 Å². The molecule has 2 aliphatic rings. The molecule has 0 unspecified atom stereocenters. The lowest BCUT2D eigenvalue weighted by Gasteiger charge is -2.24. The number of nitrogens with zero attached hydrogens (tertiary/aromatic N) is 5. The Kier molecular flexibility index (Phi) is 8.05. The van der Waals surface area contributed by atoms with Crippen molar-refractivity contribution >= 4 is 29.4 Å². The summed E-state index contributed by atoms with van der Waals surface area (Å²) in [7, 11) is 0.